The molecule has 0 heterocycles. The topological polar surface area (TPSA) is 45.7 Å². The molecule has 2 N–H and O–H groups in total. The number of ether oxygens (including phenoxy) is 1. The predicted octanol–water partition coefficient (Wildman–Crippen LogP) is 2.74. The van der Waals surface area contributed by atoms with Crippen LogP contribution in [-0.4, -0.2) is 38.8 Å². The Morgan fingerprint density at radius 1 is 1.18 bits per heavy atom. The Kier molecular flexibility index (Phi) is 7.81. The molecule has 1 aliphatic rings. The van der Waals surface area contributed by atoms with Crippen LogP contribution < -0.4 is 10.6 Å². The summed E-state index contributed by atoms with van der Waals surface area (Å²) in [6.45, 7) is 2.48. The molecule has 0 saturated heterocycles. The second-order valence-corrected chi connectivity index (χ2v) is 5.83. The van der Waals surface area contributed by atoms with Crippen molar-refractivity contribution in [1.29, 1.82) is 0 Å². The summed E-state index contributed by atoms with van der Waals surface area (Å²) in [6.07, 6.45) is 7.19. The number of nitrogens with one attached hydrogen (secondary N) is 2. The number of hydrogen-bond donors (Lipinski definition) is 2. The maximum absolute atomic E-state index is 5.69. The van der Waals surface area contributed by atoms with Gasteiger partial charge in [0.15, 0.2) is 5.96 Å². The maximum Gasteiger partial charge on any atom is 0.191 e. The van der Waals surface area contributed by atoms with E-state index < -0.39 is 0 Å². The number of guanidine groups is 1. The van der Waals surface area contributed by atoms with E-state index in [2.05, 4.69) is 39.9 Å². The van der Waals surface area contributed by atoms with Crippen LogP contribution in [0, 0.1) is 0 Å². The molecule has 1 aliphatic carbocycles. The van der Waals surface area contributed by atoms with Crippen LogP contribution in [0.5, 0.6) is 0 Å². The van der Waals surface area contributed by atoms with E-state index >= 15 is 0 Å². The summed E-state index contributed by atoms with van der Waals surface area (Å²) in [5.41, 5.74) is 1.33. The van der Waals surface area contributed by atoms with Crippen LogP contribution in [0.1, 0.15) is 37.7 Å². The molecule has 1 fully saturated rings. The van der Waals surface area contributed by atoms with Crippen LogP contribution in [0.3, 0.4) is 0 Å². The van der Waals surface area contributed by atoms with Crippen molar-refractivity contribution >= 4 is 5.96 Å². The Balaban J connectivity index is 1.47. The van der Waals surface area contributed by atoms with Crippen LogP contribution in [0.2, 0.25) is 0 Å². The zero-order chi connectivity index (χ0) is 15.5. The van der Waals surface area contributed by atoms with E-state index in [1.165, 1.54) is 31.2 Å². The smallest absolute Gasteiger partial charge is 0.191 e. The van der Waals surface area contributed by atoms with Crippen molar-refractivity contribution in [3.63, 3.8) is 0 Å². The number of aliphatic imine (C=N–C) groups is 1. The SMILES string of the molecule is CN=C(NCCCOCCc1ccccc1)NC1CCCC1. The normalized spacial score (nSPS) is 16.0. The third kappa shape index (κ3) is 6.48. The summed E-state index contributed by atoms with van der Waals surface area (Å²) in [5.74, 6) is 0.927. The lowest BCUT2D eigenvalue weighted by atomic mass is 10.2. The number of rotatable bonds is 8. The summed E-state index contributed by atoms with van der Waals surface area (Å²) in [6, 6.07) is 11.1. The van der Waals surface area contributed by atoms with Crippen molar-refractivity contribution < 1.29 is 4.74 Å². The average molecular weight is 303 g/mol. The van der Waals surface area contributed by atoms with Crippen LogP contribution in [-0.2, 0) is 11.2 Å². The molecule has 1 aromatic rings. The number of hydrogen-bond acceptors (Lipinski definition) is 2. The van der Waals surface area contributed by atoms with Gasteiger partial charge in [-0.3, -0.25) is 4.99 Å². The van der Waals surface area contributed by atoms with Crippen molar-refractivity contribution in [2.45, 2.75) is 44.6 Å². The van der Waals surface area contributed by atoms with Gasteiger partial charge in [0.25, 0.3) is 0 Å². The molecule has 0 aliphatic heterocycles. The summed E-state index contributed by atoms with van der Waals surface area (Å²) >= 11 is 0. The molecule has 22 heavy (non-hydrogen) atoms. The Hall–Kier alpha value is -1.55. The second kappa shape index (κ2) is 10.2. The minimum Gasteiger partial charge on any atom is -0.381 e. The summed E-state index contributed by atoms with van der Waals surface area (Å²) < 4.78 is 5.69. The van der Waals surface area contributed by atoms with Crippen LogP contribution in [0.25, 0.3) is 0 Å². The van der Waals surface area contributed by atoms with Gasteiger partial charge in [-0.1, -0.05) is 43.2 Å². The first-order valence-corrected chi connectivity index (χ1v) is 8.47. The molecule has 1 saturated carbocycles. The lowest BCUT2D eigenvalue weighted by Gasteiger charge is -2.16. The van der Waals surface area contributed by atoms with Crippen molar-refractivity contribution in [1.82, 2.24) is 10.6 Å². The van der Waals surface area contributed by atoms with Gasteiger partial charge >= 0.3 is 0 Å². The first-order chi connectivity index (χ1) is 10.9. The van der Waals surface area contributed by atoms with E-state index in [-0.39, 0.29) is 0 Å². The molecule has 1 aromatic carbocycles. The van der Waals surface area contributed by atoms with E-state index in [4.69, 9.17) is 4.74 Å². The maximum atomic E-state index is 5.69. The molecule has 4 nitrogen and oxygen atoms in total. The first kappa shape index (κ1) is 16.8. The summed E-state index contributed by atoms with van der Waals surface area (Å²) in [7, 11) is 1.83. The minimum atomic E-state index is 0.605. The first-order valence-electron chi connectivity index (χ1n) is 8.47. The van der Waals surface area contributed by atoms with Gasteiger partial charge in [-0.2, -0.15) is 0 Å². The molecule has 0 bridgehead atoms. The fourth-order valence-corrected chi connectivity index (χ4v) is 2.78. The van der Waals surface area contributed by atoms with Gasteiger partial charge in [0.1, 0.15) is 0 Å². The van der Waals surface area contributed by atoms with Crippen LogP contribution in [0.4, 0.5) is 0 Å². The molecule has 122 valence electrons. The zero-order valence-electron chi connectivity index (χ0n) is 13.7. The van der Waals surface area contributed by atoms with Crippen molar-refractivity contribution in [3.8, 4) is 0 Å². The highest BCUT2D eigenvalue weighted by molar-refractivity contribution is 5.79. The number of nitrogens with zero attached hydrogens (tertiary/aromatic N) is 1. The third-order valence-electron chi connectivity index (χ3n) is 4.06. The van der Waals surface area contributed by atoms with Gasteiger partial charge in [0, 0.05) is 26.2 Å². The van der Waals surface area contributed by atoms with Crippen molar-refractivity contribution in [2.75, 3.05) is 26.8 Å². The van der Waals surface area contributed by atoms with Crippen molar-refractivity contribution in [3.05, 3.63) is 35.9 Å². The molecule has 2 rings (SSSR count). The van der Waals surface area contributed by atoms with Crippen LogP contribution >= 0.6 is 0 Å². The Morgan fingerprint density at radius 2 is 1.95 bits per heavy atom. The standard InChI is InChI=1S/C18H29N3O/c1-19-18(21-17-10-5-6-11-17)20-13-7-14-22-15-12-16-8-3-2-4-9-16/h2-4,8-9,17H,5-7,10-15H2,1H3,(H2,19,20,21). The highest BCUT2D eigenvalue weighted by atomic mass is 16.5. The fourth-order valence-electron chi connectivity index (χ4n) is 2.78. The number of benzene rings is 1. The predicted molar refractivity (Wildman–Crippen MR) is 92.3 cm³/mol. The molecule has 0 unspecified atom stereocenters. The molecule has 0 aromatic heterocycles. The van der Waals surface area contributed by atoms with Crippen molar-refractivity contribution in [2.24, 2.45) is 4.99 Å². The lowest BCUT2D eigenvalue weighted by molar-refractivity contribution is 0.135. The Morgan fingerprint density at radius 3 is 2.68 bits per heavy atom. The molecular weight excluding hydrogens is 274 g/mol. The quantitative estimate of drug-likeness (QED) is 0.441. The monoisotopic (exact) mass is 303 g/mol. The van der Waals surface area contributed by atoms with Gasteiger partial charge in [-0.25, -0.2) is 0 Å². The summed E-state index contributed by atoms with van der Waals surface area (Å²) in [4.78, 5) is 4.28. The average Bonchev–Trinajstić information content (AvgIpc) is 3.07. The van der Waals surface area contributed by atoms with E-state index in [9.17, 15) is 0 Å². The highest BCUT2D eigenvalue weighted by Crippen LogP contribution is 2.17. The molecule has 0 amide bonds. The van der Waals surface area contributed by atoms with Crippen LogP contribution in [0.15, 0.2) is 35.3 Å². The largest absolute Gasteiger partial charge is 0.381 e. The zero-order valence-corrected chi connectivity index (χ0v) is 13.7. The molecule has 0 spiro atoms. The van der Waals surface area contributed by atoms with Gasteiger partial charge in [-0.05, 0) is 31.2 Å². The van der Waals surface area contributed by atoms with E-state index in [0.717, 1.165) is 38.6 Å². The van der Waals surface area contributed by atoms with Gasteiger partial charge in [-0.15, -0.1) is 0 Å². The lowest BCUT2D eigenvalue weighted by Crippen LogP contribution is -2.42. The fraction of sp³-hybridized carbons (Fsp3) is 0.611. The van der Waals surface area contributed by atoms with E-state index in [1.807, 2.05) is 13.1 Å². The molecular formula is C18H29N3O. The molecule has 0 radical (unpaired) electrons. The summed E-state index contributed by atoms with van der Waals surface area (Å²) in [5, 5.41) is 6.85. The Bertz CT molecular complexity index is 427. The second-order valence-electron chi connectivity index (χ2n) is 5.83. The highest BCUT2D eigenvalue weighted by Gasteiger charge is 2.15. The van der Waals surface area contributed by atoms with E-state index in [1.54, 1.807) is 0 Å². The van der Waals surface area contributed by atoms with Gasteiger partial charge in [0.05, 0.1) is 6.61 Å². The Labute approximate surface area is 134 Å². The van der Waals surface area contributed by atoms with Gasteiger partial charge in [0.2, 0.25) is 0 Å². The molecule has 0 atom stereocenters. The molecule has 4 heteroatoms. The minimum absolute atomic E-state index is 0.605. The van der Waals surface area contributed by atoms with Gasteiger partial charge < -0.3 is 15.4 Å². The van der Waals surface area contributed by atoms with E-state index in [0.29, 0.717) is 6.04 Å². The third-order valence-corrected chi connectivity index (χ3v) is 4.06.